The van der Waals surface area contributed by atoms with Gasteiger partial charge < -0.3 is 10.1 Å². The molecule has 0 heterocycles. The second-order valence-corrected chi connectivity index (χ2v) is 8.49. The molecule has 4 nitrogen and oxygen atoms in total. The number of nitriles is 1. The van der Waals surface area contributed by atoms with Crippen molar-refractivity contribution in [3.8, 4) is 17.6 Å². The number of hydrogen-bond donors (Lipinski definition) is 1. The molecule has 2 aromatic carbocycles. The largest absolute Gasteiger partial charge is 0.455 e. The number of ether oxygens (including phenoxy) is 1. The number of halogens is 2. The highest BCUT2D eigenvalue weighted by Gasteiger charge is 2.35. The first-order valence-electron chi connectivity index (χ1n) is 9.65. The summed E-state index contributed by atoms with van der Waals surface area (Å²) in [6.07, 6.45) is 3.68. The summed E-state index contributed by atoms with van der Waals surface area (Å²) in [6, 6.07) is 11.1. The third-order valence-corrected chi connectivity index (χ3v) is 5.24. The van der Waals surface area contributed by atoms with Crippen LogP contribution in [0.3, 0.4) is 0 Å². The molecule has 1 fully saturated rings. The molecule has 3 rings (SSSR count). The van der Waals surface area contributed by atoms with Crippen LogP contribution >= 0.6 is 0 Å². The van der Waals surface area contributed by atoms with E-state index < -0.39 is 28.4 Å². The van der Waals surface area contributed by atoms with Crippen LogP contribution in [-0.2, 0) is 10.2 Å². The van der Waals surface area contributed by atoms with Crippen molar-refractivity contribution in [2.24, 2.45) is 5.41 Å². The fraction of sp³-hybridized carbons (Fsp3) is 0.391. The van der Waals surface area contributed by atoms with Crippen LogP contribution in [0.2, 0.25) is 0 Å². The summed E-state index contributed by atoms with van der Waals surface area (Å²) in [6.45, 7) is 5.07. The third-order valence-electron chi connectivity index (χ3n) is 5.24. The van der Waals surface area contributed by atoms with Gasteiger partial charge in [0.05, 0.1) is 11.5 Å². The lowest BCUT2D eigenvalue weighted by atomic mass is 9.80. The summed E-state index contributed by atoms with van der Waals surface area (Å²) in [4.78, 5) is 12.3. The highest BCUT2D eigenvalue weighted by atomic mass is 19.1. The van der Waals surface area contributed by atoms with Crippen molar-refractivity contribution >= 4 is 11.6 Å². The molecule has 1 aliphatic carbocycles. The molecule has 1 aliphatic rings. The monoisotopic (exact) mass is 398 g/mol. The molecule has 0 unspecified atom stereocenters. The molecule has 0 radical (unpaired) electrons. The minimum absolute atomic E-state index is 0.122. The van der Waals surface area contributed by atoms with E-state index in [9.17, 15) is 18.8 Å². The number of nitrogens with zero attached hydrogens (tertiary/aromatic N) is 1. The number of rotatable bonds is 4. The number of carbonyl (C=O) groups excluding carboxylic acids is 1. The highest BCUT2D eigenvalue weighted by molar-refractivity contribution is 5.96. The Hall–Kier alpha value is -2.94. The molecular formula is C23H24F2N2O2. The Labute approximate surface area is 169 Å². The van der Waals surface area contributed by atoms with E-state index in [1.54, 1.807) is 32.9 Å². The van der Waals surface area contributed by atoms with Gasteiger partial charge in [-0.05, 0) is 30.5 Å². The minimum atomic E-state index is -0.913. The van der Waals surface area contributed by atoms with E-state index in [0.29, 0.717) is 11.8 Å². The Bertz CT molecular complexity index is 951. The summed E-state index contributed by atoms with van der Waals surface area (Å²) in [5, 5.41) is 12.1. The molecule has 1 amide bonds. The van der Waals surface area contributed by atoms with Crippen molar-refractivity contribution in [2.45, 2.75) is 51.9 Å². The first-order chi connectivity index (χ1) is 13.6. The molecular weight excluding hydrogens is 374 g/mol. The number of carbonyl (C=O) groups is 1. The maximum Gasteiger partial charge on any atom is 0.229 e. The Morgan fingerprint density at radius 2 is 1.76 bits per heavy atom. The van der Waals surface area contributed by atoms with E-state index >= 15 is 0 Å². The van der Waals surface area contributed by atoms with Crippen LogP contribution in [0.25, 0.3) is 0 Å². The van der Waals surface area contributed by atoms with Gasteiger partial charge in [-0.15, -0.1) is 0 Å². The molecule has 0 bridgehead atoms. The lowest BCUT2D eigenvalue weighted by Crippen LogP contribution is -2.28. The molecule has 1 N–H and O–H groups in total. The second-order valence-electron chi connectivity index (χ2n) is 8.49. The molecule has 0 spiro atoms. The zero-order valence-electron chi connectivity index (χ0n) is 16.8. The zero-order chi connectivity index (χ0) is 21.2. The van der Waals surface area contributed by atoms with Crippen LogP contribution in [0.15, 0.2) is 36.4 Å². The lowest BCUT2D eigenvalue weighted by molar-refractivity contribution is -0.123. The SMILES string of the molecule is CC(C)(C)C(=O)Nc1c(F)cc(F)cc1Oc1ccc(C2(C#N)CCCC2)cc1. The first kappa shape index (κ1) is 20.8. The topological polar surface area (TPSA) is 62.1 Å². The average Bonchev–Trinajstić information content (AvgIpc) is 3.14. The Balaban J connectivity index is 1.88. The molecule has 6 heteroatoms. The van der Waals surface area contributed by atoms with Gasteiger partial charge in [0.25, 0.3) is 0 Å². The average molecular weight is 398 g/mol. The fourth-order valence-electron chi connectivity index (χ4n) is 3.47. The van der Waals surface area contributed by atoms with Gasteiger partial charge in [0.15, 0.2) is 11.6 Å². The summed E-state index contributed by atoms with van der Waals surface area (Å²) in [7, 11) is 0. The molecule has 152 valence electrons. The van der Waals surface area contributed by atoms with Crippen LogP contribution in [0.4, 0.5) is 14.5 Å². The second kappa shape index (κ2) is 7.82. The predicted octanol–water partition coefficient (Wildman–Crippen LogP) is 6.08. The van der Waals surface area contributed by atoms with Gasteiger partial charge in [-0.2, -0.15) is 5.26 Å². The van der Waals surface area contributed by atoms with E-state index in [-0.39, 0.29) is 11.4 Å². The molecule has 0 atom stereocenters. The maximum absolute atomic E-state index is 14.4. The summed E-state index contributed by atoms with van der Waals surface area (Å²) < 4.78 is 33.8. The van der Waals surface area contributed by atoms with Gasteiger partial charge >= 0.3 is 0 Å². The van der Waals surface area contributed by atoms with Crippen molar-refractivity contribution < 1.29 is 18.3 Å². The van der Waals surface area contributed by atoms with E-state index in [0.717, 1.165) is 37.3 Å². The van der Waals surface area contributed by atoms with E-state index in [4.69, 9.17) is 4.74 Å². The number of hydrogen-bond acceptors (Lipinski definition) is 3. The minimum Gasteiger partial charge on any atom is -0.455 e. The number of benzene rings is 2. The normalized spacial score (nSPS) is 15.6. The maximum atomic E-state index is 14.4. The van der Waals surface area contributed by atoms with Crippen LogP contribution in [0.1, 0.15) is 52.0 Å². The molecule has 0 saturated heterocycles. The third kappa shape index (κ3) is 4.40. The van der Waals surface area contributed by atoms with Crippen LogP contribution in [0.5, 0.6) is 11.5 Å². The molecule has 0 aliphatic heterocycles. The van der Waals surface area contributed by atoms with Crippen LogP contribution in [0, 0.1) is 28.4 Å². The molecule has 2 aromatic rings. The predicted molar refractivity (Wildman–Crippen MR) is 107 cm³/mol. The number of nitrogens with one attached hydrogen (secondary N) is 1. The molecule has 0 aromatic heterocycles. The Morgan fingerprint density at radius 3 is 2.31 bits per heavy atom. The first-order valence-corrected chi connectivity index (χ1v) is 9.65. The van der Waals surface area contributed by atoms with Crippen LogP contribution in [-0.4, -0.2) is 5.91 Å². The van der Waals surface area contributed by atoms with Crippen molar-refractivity contribution in [2.75, 3.05) is 5.32 Å². The van der Waals surface area contributed by atoms with Crippen molar-refractivity contribution in [3.63, 3.8) is 0 Å². The van der Waals surface area contributed by atoms with E-state index in [1.807, 2.05) is 12.1 Å². The van der Waals surface area contributed by atoms with Gasteiger partial charge in [-0.1, -0.05) is 45.7 Å². The highest BCUT2D eigenvalue weighted by Crippen LogP contribution is 2.41. The van der Waals surface area contributed by atoms with Crippen LogP contribution < -0.4 is 10.1 Å². The number of anilines is 1. The number of amides is 1. The van der Waals surface area contributed by atoms with Crippen molar-refractivity contribution in [1.29, 1.82) is 5.26 Å². The van der Waals surface area contributed by atoms with Gasteiger partial charge in [0.1, 0.15) is 17.3 Å². The smallest absolute Gasteiger partial charge is 0.229 e. The van der Waals surface area contributed by atoms with E-state index in [2.05, 4.69) is 11.4 Å². The van der Waals surface area contributed by atoms with Crippen molar-refractivity contribution in [3.05, 3.63) is 53.6 Å². The van der Waals surface area contributed by atoms with E-state index in [1.165, 1.54) is 0 Å². The van der Waals surface area contributed by atoms with Gasteiger partial charge in [-0.3, -0.25) is 4.79 Å². The fourth-order valence-corrected chi connectivity index (χ4v) is 3.47. The molecule has 1 saturated carbocycles. The Morgan fingerprint density at radius 1 is 1.14 bits per heavy atom. The standard InChI is InChI=1S/C23H24F2N2O2/c1-22(2,3)21(28)27-20-18(25)12-16(24)13-19(20)29-17-8-6-15(7-9-17)23(14-26)10-4-5-11-23/h6-9,12-13H,4-5,10-11H2,1-3H3,(H,27,28). The van der Waals surface area contributed by atoms with Gasteiger partial charge in [-0.25, -0.2) is 8.78 Å². The Kier molecular flexibility index (Phi) is 5.61. The lowest BCUT2D eigenvalue weighted by Gasteiger charge is -2.21. The van der Waals surface area contributed by atoms with Gasteiger partial charge in [0.2, 0.25) is 5.91 Å². The summed E-state index contributed by atoms with van der Waals surface area (Å²) in [5.41, 5.74) is -0.529. The zero-order valence-corrected chi connectivity index (χ0v) is 16.8. The van der Waals surface area contributed by atoms with Gasteiger partial charge in [0, 0.05) is 17.5 Å². The quantitative estimate of drug-likeness (QED) is 0.679. The summed E-state index contributed by atoms with van der Waals surface area (Å²) >= 11 is 0. The summed E-state index contributed by atoms with van der Waals surface area (Å²) in [5.74, 6) is -1.90. The van der Waals surface area contributed by atoms with Crippen molar-refractivity contribution in [1.82, 2.24) is 0 Å². The molecule has 29 heavy (non-hydrogen) atoms.